The summed E-state index contributed by atoms with van der Waals surface area (Å²) in [5, 5.41) is 0. The van der Waals surface area contributed by atoms with Crippen LogP contribution in [0.15, 0.2) is 6.07 Å². The molecule has 1 heterocycles. The van der Waals surface area contributed by atoms with Crippen LogP contribution in [-0.4, -0.2) is 28.3 Å². The highest BCUT2D eigenvalue weighted by Crippen LogP contribution is 2.11. The second kappa shape index (κ2) is 6.63. The molecule has 0 radical (unpaired) electrons. The lowest BCUT2D eigenvalue weighted by molar-refractivity contribution is 0.0748. The van der Waals surface area contributed by atoms with Crippen LogP contribution >= 0.6 is 11.5 Å². The molecule has 1 rings (SSSR count). The number of rotatable bonds is 6. The monoisotopic (exact) mass is 240 g/mol. The van der Waals surface area contributed by atoms with Gasteiger partial charge in [-0.3, -0.25) is 4.79 Å². The summed E-state index contributed by atoms with van der Waals surface area (Å²) >= 11 is 1.39. The molecule has 0 saturated heterocycles. The first-order valence-electron chi connectivity index (χ1n) is 5.91. The number of hydrogen-bond donors (Lipinski definition) is 0. The van der Waals surface area contributed by atoms with Crippen LogP contribution in [0.2, 0.25) is 0 Å². The van der Waals surface area contributed by atoms with E-state index in [1.54, 1.807) is 0 Å². The normalized spacial score (nSPS) is 10.4. The van der Waals surface area contributed by atoms with Gasteiger partial charge in [0.2, 0.25) is 0 Å². The lowest BCUT2D eigenvalue weighted by Gasteiger charge is -2.20. The molecule has 1 amide bonds. The van der Waals surface area contributed by atoms with Gasteiger partial charge in [0, 0.05) is 18.0 Å². The standard InChI is InChI=1S/C12H20N2OS/c1-4-6-8-14(7-5-2)12(15)11-9-10(3)16-13-11/h9H,4-8H2,1-3H3. The third-order valence-corrected chi connectivity index (χ3v) is 3.10. The number of hydrogen-bond acceptors (Lipinski definition) is 3. The minimum absolute atomic E-state index is 0.0830. The van der Waals surface area contributed by atoms with Crippen molar-refractivity contribution in [3.8, 4) is 0 Å². The van der Waals surface area contributed by atoms with Crippen molar-refractivity contribution in [1.82, 2.24) is 9.27 Å². The van der Waals surface area contributed by atoms with E-state index in [1.807, 2.05) is 17.9 Å². The van der Waals surface area contributed by atoms with E-state index in [1.165, 1.54) is 11.5 Å². The quantitative estimate of drug-likeness (QED) is 0.765. The molecule has 0 spiro atoms. The Kier molecular flexibility index (Phi) is 5.46. The minimum Gasteiger partial charge on any atom is -0.337 e. The van der Waals surface area contributed by atoms with Crippen LogP contribution < -0.4 is 0 Å². The number of carbonyl (C=O) groups excluding carboxylic acids is 1. The van der Waals surface area contributed by atoms with Crippen molar-refractivity contribution >= 4 is 17.4 Å². The van der Waals surface area contributed by atoms with E-state index < -0.39 is 0 Å². The number of aromatic nitrogens is 1. The van der Waals surface area contributed by atoms with E-state index in [4.69, 9.17) is 0 Å². The van der Waals surface area contributed by atoms with Gasteiger partial charge < -0.3 is 4.90 Å². The Bertz CT molecular complexity index is 336. The summed E-state index contributed by atoms with van der Waals surface area (Å²) < 4.78 is 4.18. The number of aryl methyl sites for hydroxylation is 1. The molecular weight excluding hydrogens is 220 g/mol. The average molecular weight is 240 g/mol. The zero-order chi connectivity index (χ0) is 12.0. The molecule has 0 N–H and O–H groups in total. The van der Waals surface area contributed by atoms with Crippen molar-refractivity contribution in [2.45, 2.75) is 40.0 Å². The van der Waals surface area contributed by atoms with Gasteiger partial charge in [0.15, 0.2) is 0 Å². The number of amides is 1. The number of unbranched alkanes of at least 4 members (excludes halogenated alkanes) is 1. The Balaban J connectivity index is 2.66. The first-order valence-corrected chi connectivity index (χ1v) is 6.69. The van der Waals surface area contributed by atoms with E-state index in [2.05, 4.69) is 18.2 Å². The summed E-state index contributed by atoms with van der Waals surface area (Å²) in [5.74, 6) is 0.0830. The first-order chi connectivity index (χ1) is 7.69. The Morgan fingerprint density at radius 2 is 2.12 bits per heavy atom. The van der Waals surface area contributed by atoms with Gasteiger partial charge in [-0.25, -0.2) is 0 Å². The fourth-order valence-electron chi connectivity index (χ4n) is 1.56. The van der Waals surface area contributed by atoms with E-state index in [-0.39, 0.29) is 5.91 Å². The fourth-order valence-corrected chi connectivity index (χ4v) is 2.10. The van der Waals surface area contributed by atoms with Crippen molar-refractivity contribution in [3.63, 3.8) is 0 Å². The molecule has 0 aliphatic carbocycles. The molecule has 0 fully saturated rings. The Hall–Kier alpha value is -0.900. The largest absolute Gasteiger partial charge is 0.337 e. The lowest BCUT2D eigenvalue weighted by Crippen LogP contribution is -2.32. The van der Waals surface area contributed by atoms with Crippen LogP contribution in [0.4, 0.5) is 0 Å². The molecule has 0 bridgehead atoms. The maximum atomic E-state index is 12.1. The number of carbonyl (C=O) groups is 1. The summed E-state index contributed by atoms with van der Waals surface area (Å²) in [4.78, 5) is 15.1. The Labute approximate surface area is 102 Å². The van der Waals surface area contributed by atoms with Crippen LogP contribution in [0.5, 0.6) is 0 Å². The van der Waals surface area contributed by atoms with Crippen LogP contribution in [0.1, 0.15) is 48.5 Å². The molecule has 1 aromatic heterocycles. The Morgan fingerprint density at radius 3 is 2.62 bits per heavy atom. The summed E-state index contributed by atoms with van der Waals surface area (Å²) in [6, 6.07) is 1.88. The van der Waals surface area contributed by atoms with Gasteiger partial charge in [-0.15, -0.1) is 0 Å². The van der Waals surface area contributed by atoms with Gasteiger partial charge in [0.1, 0.15) is 5.69 Å². The van der Waals surface area contributed by atoms with Crippen molar-refractivity contribution in [3.05, 3.63) is 16.6 Å². The smallest absolute Gasteiger partial charge is 0.273 e. The maximum absolute atomic E-state index is 12.1. The molecule has 0 unspecified atom stereocenters. The molecule has 1 aromatic rings. The van der Waals surface area contributed by atoms with Gasteiger partial charge in [-0.1, -0.05) is 20.3 Å². The molecular formula is C12H20N2OS. The SMILES string of the molecule is CCCCN(CCC)C(=O)c1cc(C)sn1. The predicted molar refractivity (Wildman–Crippen MR) is 68.0 cm³/mol. The third kappa shape index (κ3) is 3.59. The van der Waals surface area contributed by atoms with Crippen LogP contribution in [0, 0.1) is 6.92 Å². The van der Waals surface area contributed by atoms with Gasteiger partial charge in [0.25, 0.3) is 5.91 Å². The predicted octanol–water partition coefficient (Wildman–Crippen LogP) is 3.10. The summed E-state index contributed by atoms with van der Waals surface area (Å²) in [6.07, 6.45) is 3.18. The van der Waals surface area contributed by atoms with Gasteiger partial charge in [-0.05, 0) is 37.4 Å². The van der Waals surface area contributed by atoms with Crippen LogP contribution in [0.25, 0.3) is 0 Å². The van der Waals surface area contributed by atoms with Crippen LogP contribution in [-0.2, 0) is 0 Å². The summed E-state index contributed by atoms with van der Waals surface area (Å²) in [5.41, 5.74) is 0.604. The third-order valence-electron chi connectivity index (χ3n) is 2.41. The molecule has 3 nitrogen and oxygen atoms in total. The van der Waals surface area contributed by atoms with E-state index >= 15 is 0 Å². The molecule has 0 atom stereocenters. The van der Waals surface area contributed by atoms with Gasteiger partial charge in [0.05, 0.1) is 0 Å². The maximum Gasteiger partial charge on any atom is 0.273 e. The fraction of sp³-hybridized carbons (Fsp3) is 0.667. The molecule has 0 aliphatic heterocycles. The minimum atomic E-state index is 0.0830. The lowest BCUT2D eigenvalue weighted by atomic mass is 10.2. The highest BCUT2D eigenvalue weighted by Gasteiger charge is 2.16. The second-order valence-electron chi connectivity index (χ2n) is 3.97. The van der Waals surface area contributed by atoms with Gasteiger partial charge >= 0.3 is 0 Å². The summed E-state index contributed by atoms with van der Waals surface area (Å²) in [7, 11) is 0. The molecule has 16 heavy (non-hydrogen) atoms. The van der Waals surface area contributed by atoms with E-state index in [9.17, 15) is 4.79 Å². The second-order valence-corrected chi connectivity index (χ2v) is 4.98. The van der Waals surface area contributed by atoms with E-state index in [0.717, 1.165) is 37.2 Å². The molecule has 4 heteroatoms. The molecule has 0 aromatic carbocycles. The zero-order valence-electron chi connectivity index (χ0n) is 10.3. The zero-order valence-corrected chi connectivity index (χ0v) is 11.1. The molecule has 0 aliphatic rings. The van der Waals surface area contributed by atoms with Crippen LogP contribution in [0.3, 0.4) is 0 Å². The van der Waals surface area contributed by atoms with Crippen molar-refractivity contribution in [1.29, 1.82) is 0 Å². The molecule has 0 saturated carbocycles. The topological polar surface area (TPSA) is 33.2 Å². The number of nitrogens with zero attached hydrogens (tertiary/aromatic N) is 2. The summed E-state index contributed by atoms with van der Waals surface area (Å²) in [6.45, 7) is 7.89. The van der Waals surface area contributed by atoms with Crippen molar-refractivity contribution in [2.24, 2.45) is 0 Å². The average Bonchev–Trinajstić information content (AvgIpc) is 2.70. The first kappa shape index (κ1) is 13.2. The van der Waals surface area contributed by atoms with Gasteiger partial charge in [-0.2, -0.15) is 4.37 Å². The Morgan fingerprint density at radius 1 is 1.38 bits per heavy atom. The van der Waals surface area contributed by atoms with Crippen molar-refractivity contribution < 1.29 is 4.79 Å². The van der Waals surface area contributed by atoms with E-state index in [0.29, 0.717) is 5.69 Å². The highest BCUT2D eigenvalue weighted by atomic mass is 32.1. The highest BCUT2D eigenvalue weighted by molar-refractivity contribution is 7.05. The van der Waals surface area contributed by atoms with Crippen molar-refractivity contribution in [2.75, 3.05) is 13.1 Å². The molecule has 90 valence electrons.